The predicted molar refractivity (Wildman–Crippen MR) is 151 cm³/mol. The number of alkyl halides is 4. The van der Waals surface area contributed by atoms with E-state index in [4.69, 9.17) is 11.6 Å². The van der Waals surface area contributed by atoms with E-state index in [2.05, 4.69) is 10.6 Å². The van der Waals surface area contributed by atoms with Gasteiger partial charge in [0.2, 0.25) is 11.8 Å². The number of hydrogen-bond acceptors (Lipinski definition) is 5. The summed E-state index contributed by atoms with van der Waals surface area (Å²) in [7, 11) is -3.72. The highest BCUT2D eigenvalue weighted by Crippen LogP contribution is 2.34. The zero-order valence-corrected chi connectivity index (χ0v) is 24.4. The van der Waals surface area contributed by atoms with E-state index >= 15 is 0 Å². The molecule has 2 aromatic carbocycles. The molecule has 0 radical (unpaired) electrons. The van der Waals surface area contributed by atoms with Crippen LogP contribution in [0.3, 0.4) is 0 Å². The Morgan fingerprint density at radius 2 is 1.74 bits per heavy atom. The van der Waals surface area contributed by atoms with E-state index in [-0.39, 0.29) is 47.5 Å². The molecule has 1 aliphatic heterocycles. The van der Waals surface area contributed by atoms with Gasteiger partial charge in [0.25, 0.3) is 5.91 Å². The number of carbonyl (C=O) groups is 3. The van der Waals surface area contributed by atoms with Crippen LogP contribution in [0.4, 0.5) is 13.2 Å². The van der Waals surface area contributed by atoms with Crippen LogP contribution in [0.25, 0.3) is 0 Å². The van der Waals surface area contributed by atoms with Crippen molar-refractivity contribution in [1.82, 2.24) is 15.5 Å². The lowest BCUT2D eigenvalue weighted by molar-refractivity contribution is -0.137. The van der Waals surface area contributed by atoms with Gasteiger partial charge in [-0.05, 0) is 68.4 Å². The molecule has 2 fully saturated rings. The zero-order chi connectivity index (χ0) is 30.5. The predicted octanol–water partition coefficient (Wildman–Crippen LogP) is 4.18. The molecule has 0 unspecified atom stereocenters. The van der Waals surface area contributed by atoms with Crippen molar-refractivity contribution in [2.75, 3.05) is 18.2 Å². The van der Waals surface area contributed by atoms with Gasteiger partial charge in [0, 0.05) is 36.5 Å². The minimum Gasteiger partial charge on any atom is -0.353 e. The molecule has 42 heavy (non-hydrogen) atoms. The highest BCUT2D eigenvalue weighted by atomic mass is 35.5. The average Bonchev–Trinajstić information content (AvgIpc) is 3.31. The number of sulfone groups is 1. The van der Waals surface area contributed by atoms with Crippen molar-refractivity contribution in [3.05, 3.63) is 65.7 Å². The fourth-order valence-corrected chi connectivity index (χ4v) is 7.56. The van der Waals surface area contributed by atoms with Crippen molar-refractivity contribution in [3.8, 4) is 0 Å². The number of nitrogens with one attached hydrogen (secondary N) is 2. The molecule has 2 N–H and O–H groups in total. The van der Waals surface area contributed by atoms with Gasteiger partial charge in [0.1, 0.15) is 6.04 Å². The van der Waals surface area contributed by atoms with Gasteiger partial charge in [-0.25, -0.2) is 8.42 Å². The van der Waals surface area contributed by atoms with Crippen molar-refractivity contribution in [3.63, 3.8) is 0 Å². The SMILES string of the molecule is O=C(CCCCl)N[C@@H]1CC[C@H](N2CC[C@H](NC(=O)c3cccc(C(F)(F)F)c3)C2=O)[C@H](CS(=O)(=O)c2ccccc2)C1. The number of amides is 3. The lowest BCUT2D eigenvalue weighted by Gasteiger charge is -2.41. The summed E-state index contributed by atoms with van der Waals surface area (Å²) in [5, 5.41) is 5.52. The van der Waals surface area contributed by atoms with Crippen LogP contribution >= 0.6 is 11.6 Å². The molecule has 228 valence electrons. The van der Waals surface area contributed by atoms with Gasteiger partial charge in [-0.15, -0.1) is 11.6 Å². The highest BCUT2D eigenvalue weighted by Gasteiger charge is 2.44. The summed E-state index contributed by atoms with van der Waals surface area (Å²) in [5.74, 6) is -1.76. The molecule has 1 heterocycles. The maximum Gasteiger partial charge on any atom is 0.416 e. The second kappa shape index (κ2) is 13.5. The molecule has 0 bridgehead atoms. The Bertz CT molecular complexity index is 1390. The largest absolute Gasteiger partial charge is 0.416 e. The van der Waals surface area contributed by atoms with E-state index in [0.29, 0.717) is 31.6 Å². The first kappa shape index (κ1) is 31.8. The fourth-order valence-electron chi connectivity index (χ4n) is 5.75. The fraction of sp³-hybridized carbons (Fsp3) is 0.483. The van der Waals surface area contributed by atoms with Crippen LogP contribution in [0.1, 0.15) is 54.4 Å². The Kier molecular flexibility index (Phi) is 10.2. The summed E-state index contributed by atoms with van der Waals surface area (Å²) in [6.45, 7) is 0.256. The molecule has 4 rings (SSSR count). The lowest BCUT2D eigenvalue weighted by atomic mass is 9.81. The van der Waals surface area contributed by atoms with Crippen LogP contribution in [-0.4, -0.2) is 67.3 Å². The molecule has 3 amide bonds. The number of hydrogen-bond donors (Lipinski definition) is 2. The number of halogens is 4. The molecule has 2 aliphatic rings. The monoisotopic (exact) mass is 627 g/mol. The first-order valence-corrected chi connectivity index (χ1v) is 16.0. The third-order valence-corrected chi connectivity index (χ3v) is 9.90. The van der Waals surface area contributed by atoms with E-state index in [0.717, 1.165) is 18.2 Å². The van der Waals surface area contributed by atoms with Gasteiger partial charge in [0.15, 0.2) is 9.84 Å². The lowest BCUT2D eigenvalue weighted by Crippen LogP contribution is -2.52. The normalized spacial score (nSPS) is 23.0. The Morgan fingerprint density at radius 3 is 2.43 bits per heavy atom. The molecule has 4 atom stereocenters. The van der Waals surface area contributed by atoms with Crippen LogP contribution in [0.5, 0.6) is 0 Å². The summed E-state index contributed by atoms with van der Waals surface area (Å²) < 4.78 is 66.0. The third kappa shape index (κ3) is 7.83. The maximum atomic E-state index is 13.5. The quantitative estimate of drug-likeness (QED) is 0.384. The molecule has 2 aromatic rings. The van der Waals surface area contributed by atoms with E-state index in [9.17, 15) is 36.0 Å². The van der Waals surface area contributed by atoms with Crippen LogP contribution in [0, 0.1) is 5.92 Å². The van der Waals surface area contributed by atoms with Gasteiger partial charge < -0.3 is 15.5 Å². The highest BCUT2D eigenvalue weighted by molar-refractivity contribution is 7.91. The number of nitrogens with zero attached hydrogens (tertiary/aromatic N) is 1. The topological polar surface area (TPSA) is 113 Å². The Balaban J connectivity index is 1.49. The summed E-state index contributed by atoms with van der Waals surface area (Å²) in [6.07, 6.45) is -2.29. The van der Waals surface area contributed by atoms with Gasteiger partial charge in [-0.1, -0.05) is 24.3 Å². The number of carbonyl (C=O) groups excluding carboxylic acids is 3. The second-order valence-electron chi connectivity index (χ2n) is 10.7. The van der Waals surface area contributed by atoms with E-state index in [1.54, 1.807) is 23.1 Å². The van der Waals surface area contributed by atoms with Gasteiger partial charge >= 0.3 is 6.18 Å². The van der Waals surface area contributed by atoms with E-state index in [1.165, 1.54) is 18.2 Å². The summed E-state index contributed by atoms with van der Waals surface area (Å²) in [4.78, 5) is 40.3. The van der Waals surface area contributed by atoms with Crippen LogP contribution in [0.15, 0.2) is 59.5 Å². The number of benzene rings is 2. The van der Waals surface area contributed by atoms with Crippen molar-refractivity contribution < 1.29 is 36.0 Å². The Labute approximate surface area is 247 Å². The summed E-state index contributed by atoms with van der Waals surface area (Å²) in [5.41, 5.74) is -1.18. The second-order valence-corrected chi connectivity index (χ2v) is 13.1. The number of likely N-dealkylation sites (tertiary alicyclic amines) is 1. The molecular formula is C29H33ClF3N3O5S. The molecular weight excluding hydrogens is 595 g/mol. The zero-order valence-electron chi connectivity index (χ0n) is 22.8. The maximum absolute atomic E-state index is 13.5. The standard InChI is InChI=1S/C29H33ClF3N3O5S/c30-14-5-10-26(37)34-22-11-12-25(20(17-22)18-42(40,41)23-8-2-1-3-9-23)36-15-13-24(28(36)39)35-27(38)19-6-4-7-21(16-19)29(31,32)33/h1-4,6-9,16,20,22,24-25H,5,10-15,17-18H2,(H,34,37)(H,35,38)/t20-,22+,24-,25-/m0/s1. The molecule has 0 spiro atoms. The first-order valence-electron chi connectivity index (χ1n) is 13.8. The molecule has 1 saturated carbocycles. The van der Waals surface area contributed by atoms with Crippen molar-refractivity contribution in [1.29, 1.82) is 0 Å². The van der Waals surface area contributed by atoms with Crippen LogP contribution in [-0.2, 0) is 25.6 Å². The van der Waals surface area contributed by atoms with Gasteiger partial charge in [-0.3, -0.25) is 14.4 Å². The van der Waals surface area contributed by atoms with Crippen molar-refractivity contribution in [2.45, 2.75) is 67.7 Å². The van der Waals surface area contributed by atoms with E-state index in [1.807, 2.05) is 0 Å². The molecule has 13 heteroatoms. The molecule has 0 aromatic heterocycles. The molecule has 1 saturated heterocycles. The average molecular weight is 628 g/mol. The van der Waals surface area contributed by atoms with Gasteiger partial charge in [-0.2, -0.15) is 13.2 Å². The summed E-state index contributed by atoms with van der Waals surface area (Å²) in [6, 6.07) is 10.3. The molecule has 8 nitrogen and oxygen atoms in total. The Morgan fingerprint density at radius 1 is 1.00 bits per heavy atom. The minimum atomic E-state index is -4.62. The number of rotatable bonds is 10. The van der Waals surface area contributed by atoms with Crippen LogP contribution < -0.4 is 10.6 Å². The van der Waals surface area contributed by atoms with Crippen molar-refractivity contribution >= 4 is 39.2 Å². The van der Waals surface area contributed by atoms with Crippen molar-refractivity contribution in [2.24, 2.45) is 5.92 Å². The first-order chi connectivity index (χ1) is 19.9. The van der Waals surface area contributed by atoms with Crippen LogP contribution in [0.2, 0.25) is 0 Å². The van der Waals surface area contributed by atoms with Gasteiger partial charge in [0.05, 0.1) is 16.2 Å². The summed E-state index contributed by atoms with van der Waals surface area (Å²) >= 11 is 5.70. The Hall–Kier alpha value is -3.12. The minimum absolute atomic E-state index is 0.163. The smallest absolute Gasteiger partial charge is 0.353 e. The van der Waals surface area contributed by atoms with E-state index < -0.39 is 51.4 Å². The third-order valence-electron chi connectivity index (χ3n) is 7.78. The molecule has 1 aliphatic carbocycles.